The first-order valence-corrected chi connectivity index (χ1v) is 7.94. The largest absolute Gasteiger partial charge is 0.464 e. The lowest BCUT2D eigenvalue weighted by molar-refractivity contribution is -0.133. The van der Waals surface area contributed by atoms with Crippen molar-refractivity contribution >= 4 is 33.3 Å². The molecule has 1 unspecified atom stereocenters. The summed E-state index contributed by atoms with van der Waals surface area (Å²) in [6, 6.07) is 18.2. The molecule has 0 aliphatic rings. The van der Waals surface area contributed by atoms with Gasteiger partial charge in [-0.2, -0.15) is 0 Å². The summed E-state index contributed by atoms with van der Waals surface area (Å²) in [5.74, 6) is 0. The minimum Gasteiger partial charge on any atom is -0.464 e. The quantitative estimate of drug-likeness (QED) is 0.669. The highest BCUT2D eigenvalue weighted by Crippen LogP contribution is 2.25. The Morgan fingerprint density at radius 1 is 1.09 bits per heavy atom. The van der Waals surface area contributed by atoms with E-state index in [2.05, 4.69) is 33.0 Å². The van der Waals surface area contributed by atoms with E-state index in [1.54, 1.807) is 0 Å². The predicted octanol–water partition coefficient (Wildman–Crippen LogP) is 4.26. The van der Waals surface area contributed by atoms with E-state index >= 15 is 0 Å². The molecule has 1 heterocycles. The van der Waals surface area contributed by atoms with Crippen molar-refractivity contribution in [3.63, 3.8) is 0 Å². The van der Waals surface area contributed by atoms with E-state index < -0.39 is 0 Å². The molecule has 0 bridgehead atoms. The van der Waals surface area contributed by atoms with Gasteiger partial charge < -0.3 is 9.72 Å². The fourth-order valence-electron chi connectivity index (χ4n) is 2.66. The number of benzene rings is 2. The Morgan fingerprint density at radius 3 is 2.64 bits per heavy atom. The highest BCUT2D eigenvalue weighted by molar-refractivity contribution is 9.10. The second-order valence-electron chi connectivity index (χ2n) is 5.25. The maximum Gasteiger partial charge on any atom is 0.293 e. The molecule has 4 heteroatoms. The summed E-state index contributed by atoms with van der Waals surface area (Å²) in [6.45, 7) is 0.534. The van der Waals surface area contributed by atoms with Gasteiger partial charge in [0.2, 0.25) is 0 Å². The van der Waals surface area contributed by atoms with Gasteiger partial charge in [0.1, 0.15) is 6.10 Å². The van der Waals surface area contributed by atoms with E-state index in [9.17, 15) is 4.79 Å². The van der Waals surface area contributed by atoms with Crippen LogP contribution in [0.1, 0.15) is 11.3 Å². The maximum atomic E-state index is 10.8. The number of carbonyl (C=O) groups excluding carboxylic acids is 1. The van der Waals surface area contributed by atoms with Crippen LogP contribution in [0.5, 0.6) is 0 Å². The standard InChI is InChI=1S/C18H16BrNO2/c19-17-8-4-7-14-10-15(20-18(14)17)11-16(22-12-21)9-13-5-2-1-3-6-13/h1-8,10,12,16,20H,9,11H2. The number of aromatic nitrogens is 1. The third kappa shape index (κ3) is 3.39. The van der Waals surface area contributed by atoms with Gasteiger partial charge in [-0.05, 0) is 33.6 Å². The average molecular weight is 358 g/mol. The van der Waals surface area contributed by atoms with Crippen LogP contribution in [0.2, 0.25) is 0 Å². The zero-order valence-electron chi connectivity index (χ0n) is 12.0. The molecule has 3 rings (SSSR count). The molecule has 0 saturated heterocycles. The summed E-state index contributed by atoms with van der Waals surface area (Å²) < 4.78 is 6.30. The number of hydrogen-bond acceptors (Lipinski definition) is 2. The molecule has 1 atom stereocenters. The van der Waals surface area contributed by atoms with E-state index in [1.165, 1.54) is 0 Å². The van der Waals surface area contributed by atoms with E-state index in [-0.39, 0.29) is 6.10 Å². The minimum atomic E-state index is -0.174. The van der Waals surface area contributed by atoms with E-state index in [1.807, 2.05) is 42.5 Å². The van der Waals surface area contributed by atoms with Crippen LogP contribution >= 0.6 is 15.9 Å². The molecule has 0 saturated carbocycles. The van der Waals surface area contributed by atoms with Crippen LogP contribution < -0.4 is 0 Å². The summed E-state index contributed by atoms with van der Waals surface area (Å²) in [6.07, 6.45) is 1.19. The number of carbonyl (C=O) groups is 1. The fraction of sp³-hybridized carbons (Fsp3) is 0.167. The topological polar surface area (TPSA) is 42.1 Å². The van der Waals surface area contributed by atoms with Crippen molar-refractivity contribution in [1.82, 2.24) is 4.98 Å². The Bertz CT molecular complexity index is 767. The van der Waals surface area contributed by atoms with Crippen LogP contribution in [0.25, 0.3) is 10.9 Å². The van der Waals surface area contributed by atoms with E-state index in [4.69, 9.17) is 4.74 Å². The third-order valence-electron chi connectivity index (χ3n) is 3.66. The lowest BCUT2D eigenvalue weighted by atomic mass is 10.0. The molecule has 0 amide bonds. The molecule has 2 aromatic carbocycles. The van der Waals surface area contributed by atoms with Crippen molar-refractivity contribution in [1.29, 1.82) is 0 Å². The highest BCUT2D eigenvalue weighted by Gasteiger charge is 2.14. The number of fused-ring (bicyclic) bond motifs is 1. The Kier molecular flexibility index (Phi) is 4.59. The molecule has 0 aliphatic carbocycles. The number of nitrogens with one attached hydrogen (secondary N) is 1. The molecular formula is C18H16BrNO2. The lowest BCUT2D eigenvalue weighted by Gasteiger charge is -2.14. The van der Waals surface area contributed by atoms with Gasteiger partial charge in [0.15, 0.2) is 0 Å². The molecule has 0 spiro atoms. The van der Waals surface area contributed by atoms with Crippen molar-refractivity contribution in [2.24, 2.45) is 0 Å². The van der Waals surface area contributed by atoms with Gasteiger partial charge in [-0.15, -0.1) is 0 Å². The van der Waals surface area contributed by atoms with Crippen molar-refractivity contribution in [3.05, 3.63) is 70.3 Å². The summed E-state index contributed by atoms with van der Waals surface area (Å²) >= 11 is 3.54. The van der Waals surface area contributed by atoms with Crippen molar-refractivity contribution in [2.75, 3.05) is 0 Å². The lowest BCUT2D eigenvalue weighted by Crippen LogP contribution is -2.18. The van der Waals surface area contributed by atoms with E-state index in [0.717, 1.165) is 26.6 Å². The van der Waals surface area contributed by atoms with Crippen LogP contribution in [-0.4, -0.2) is 17.6 Å². The summed E-state index contributed by atoms with van der Waals surface area (Å²) in [5, 5.41) is 1.15. The molecule has 22 heavy (non-hydrogen) atoms. The first-order valence-electron chi connectivity index (χ1n) is 7.15. The maximum absolute atomic E-state index is 10.8. The van der Waals surface area contributed by atoms with Crippen LogP contribution in [0.15, 0.2) is 59.1 Å². The number of rotatable bonds is 6. The number of ether oxygens (including phenoxy) is 1. The zero-order valence-corrected chi connectivity index (χ0v) is 13.5. The third-order valence-corrected chi connectivity index (χ3v) is 4.32. The van der Waals surface area contributed by atoms with Gasteiger partial charge in [-0.1, -0.05) is 42.5 Å². The molecule has 0 aliphatic heterocycles. The monoisotopic (exact) mass is 357 g/mol. The van der Waals surface area contributed by atoms with Gasteiger partial charge in [0.05, 0.1) is 5.52 Å². The predicted molar refractivity (Wildman–Crippen MR) is 90.8 cm³/mol. The molecule has 0 fully saturated rings. The average Bonchev–Trinajstić information content (AvgIpc) is 2.92. The molecule has 112 valence electrons. The minimum absolute atomic E-state index is 0.174. The first-order chi connectivity index (χ1) is 10.8. The normalized spacial score (nSPS) is 12.2. The van der Waals surface area contributed by atoms with E-state index in [0.29, 0.717) is 19.3 Å². The van der Waals surface area contributed by atoms with Gasteiger partial charge in [0.25, 0.3) is 6.47 Å². The Morgan fingerprint density at radius 2 is 1.91 bits per heavy atom. The summed E-state index contributed by atoms with van der Waals surface area (Å²) in [7, 11) is 0. The molecule has 1 N–H and O–H groups in total. The van der Waals surface area contributed by atoms with Gasteiger partial charge in [-0.25, -0.2) is 0 Å². The molecule has 3 nitrogen and oxygen atoms in total. The Balaban J connectivity index is 1.80. The molecule has 1 aromatic heterocycles. The number of halogens is 1. The SMILES string of the molecule is O=COC(Cc1ccccc1)Cc1cc2cccc(Br)c2[nH]1. The fourth-order valence-corrected chi connectivity index (χ4v) is 3.14. The van der Waals surface area contributed by atoms with Crippen LogP contribution in [0.4, 0.5) is 0 Å². The molecule has 0 radical (unpaired) electrons. The van der Waals surface area contributed by atoms with Gasteiger partial charge in [0, 0.05) is 28.4 Å². The zero-order chi connectivity index (χ0) is 15.4. The number of aromatic amines is 1. The second kappa shape index (κ2) is 6.79. The number of para-hydroxylation sites is 1. The summed E-state index contributed by atoms with van der Waals surface area (Å²) in [5.41, 5.74) is 3.29. The molecule has 3 aromatic rings. The number of hydrogen-bond donors (Lipinski definition) is 1. The smallest absolute Gasteiger partial charge is 0.293 e. The van der Waals surface area contributed by atoms with Crippen molar-refractivity contribution in [3.8, 4) is 0 Å². The van der Waals surface area contributed by atoms with Crippen LogP contribution in [0, 0.1) is 0 Å². The van der Waals surface area contributed by atoms with Gasteiger partial charge in [-0.3, -0.25) is 4.79 Å². The second-order valence-corrected chi connectivity index (χ2v) is 6.10. The van der Waals surface area contributed by atoms with Crippen LogP contribution in [0.3, 0.4) is 0 Å². The highest BCUT2D eigenvalue weighted by atomic mass is 79.9. The van der Waals surface area contributed by atoms with Crippen molar-refractivity contribution < 1.29 is 9.53 Å². The Hall–Kier alpha value is -2.07. The first kappa shape index (κ1) is 14.9. The van der Waals surface area contributed by atoms with Crippen LogP contribution in [-0.2, 0) is 22.4 Å². The summed E-state index contributed by atoms with van der Waals surface area (Å²) in [4.78, 5) is 14.2. The van der Waals surface area contributed by atoms with Gasteiger partial charge >= 0.3 is 0 Å². The Labute approximate surface area is 137 Å². The number of H-pyrrole nitrogens is 1. The van der Waals surface area contributed by atoms with Crippen molar-refractivity contribution in [2.45, 2.75) is 18.9 Å². The molecular weight excluding hydrogens is 342 g/mol.